The van der Waals surface area contributed by atoms with Crippen LogP contribution in [0.2, 0.25) is 0 Å². The van der Waals surface area contributed by atoms with Gasteiger partial charge in [0.1, 0.15) is 0 Å². The van der Waals surface area contributed by atoms with Gasteiger partial charge in [-0.25, -0.2) is 4.98 Å². The molecule has 110 valence electrons. The molecule has 2 aromatic heterocycles. The minimum absolute atomic E-state index is 0.173. The number of hydrogen-bond donors (Lipinski definition) is 1. The summed E-state index contributed by atoms with van der Waals surface area (Å²) in [5.41, 5.74) is 4.75. The molecule has 0 saturated heterocycles. The minimum atomic E-state index is -0.435. The molecular formula is C18H17N3O. The molecule has 0 fully saturated rings. The van der Waals surface area contributed by atoms with Crippen LogP contribution < -0.4 is 0 Å². The fraction of sp³-hybridized carbons (Fsp3) is 0.278. The predicted molar refractivity (Wildman–Crippen MR) is 83.3 cm³/mol. The molecule has 4 heteroatoms. The van der Waals surface area contributed by atoms with Gasteiger partial charge >= 0.3 is 0 Å². The Labute approximate surface area is 128 Å². The van der Waals surface area contributed by atoms with Crippen molar-refractivity contribution in [1.82, 2.24) is 14.1 Å². The third-order valence-electron chi connectivity index (χ3n) is 5.20. The first-order valence-corrected chi connectivity index (χ1v) is 7.79. The van der Waals surface area contributed by atoms with Crippen LogP contribution in [-0.4, -0.2) is 19.2 Å². The van der Waals surface area contributed by atoms with E-state index in [0.717, 1.165) is 24.4 Å². The van der Waals surface area contributed by atoms with Gasteiger partial charge < -0.3 is 14.2 Å². The third-order valence-corrected chi connectivity index (χ3v) is 5.20. The van der Waals surface area contributed by atoms with Gasteiger partial charge in [0.2, 0.25) is 0 Å². The monoisotopic (exact) mass is 291 g/mol. The van der Waals surface area contributed by atoms with Crippen LogP contribution in [0, 0.1) is 5.92 Å². The standard InChI is InChI=1S/C18H17N3O/c22-18-14(7-9-20-8-3-6-15(18)20)17-13-5-2-1-4-12(13)16-10-19-11-21(16)17/h1-6,8,10-11,14,17-18,22H,7,9H2/t14-,17?,18-/m1/s1. The van der Waals surface area contributed by atoms with Crippen molar-refractivity contribution in [2.75, 3.05) is 0 Å². The van der Waals surface area contributed by atoms with Crippen molar-refractivity contribution < 1.29 is 5.11 Å². The Morgan fingerprint density at radius 3 is 3.00 bits per heavy atom. The van der Waals surface area contributed by atoms with E-state index in [4.69, 9.17) is 0 Å². The number of fused-ring (bicyclic) bond motifs is 4. The zero-order valence-electron chi connectivity index (χ0n) is 12.1. The average molecular weight is 291 g/mol. The Bertz CT molecular complexity index is 847. The summed E-state index contributed by atoms with van der Waals surface area (Å²) in [4.78, 5) is 4.32. The van der Waals surface area contributed by atoms with E-state index >= 15 is 0 Å². The highest BCUT2D eigenvalue weighted by Gasteiger charge is 2.40. The van der Waals surface area contributed by atoms with E-state index in [9.17, 15) is 5.11 Å². The Balaban J connectivity index is 1.65. The second-order valence-corrected chi connectivity index (χ2v) is 6.24. The molecule has 0 amide bonds. The molecule has 2 aliphatic heterocycles. The lowest BCUT2D eigenvalue weighted by atomic mass is 9.83. The molecule has 0 aliphatic carbocycles. The molecule has 0 saturated carbocycles. The van der Waals surface area contributed by atoms with Gasteiger partial charge in [0, 0.05) is 29.9 Å². The average Bonchev–Trinajstić information content (AvgIpc) is 3.23. The van der Waals surface area contributed by atoms with E-state index in [1.807, 2.05) is 24.7 Å². The van der Waals surface area contributed by atoms with E-state index in [2.05, 4.69) is 44.6 Å². The van der Waals surface area contributed by atoms with Crippen LogP contribution >= 0.6 is 0 Å². The Hall–Kier alpha value is -2.33. The highest BCUT2D eigenvalue weighted by Crippen LogP contribution is 2.48. The molecular weight excluding hydrogens is 274 g/mol. The van der Waals surface area contributed by atoms with E-state index in [1.165, 1.54) is 11.1 Å². The van der Waals surface area contributed by atoms with Crippen LogP contribution in [0.25, 0.3) is 11.3 Å². The van der Waals surface area contributed by atoms with Gasteiger partial charge in [0.05, 0.1) is 30.4 Å². The maximum Gasteiger partial charge on any atom is 0.0991 e. The summed E-state index contributed by atoms with van der Waals surface area (Å²) < 4.78 is 4.40. The Morgan fingerprint density at radius 2 is 2.05 bits per heavy atom. The number of hydrogen-bond acceptors (Lipinski definition) is 2. The van der Waals surface area contributed by atoms with E-state index in [1.54, 1.807) is 0 Å². The fourth-order valence-electron chi connectivity index (χ4n) is 4.21. The number of aromatic nitrogens is 3. The first-order chi connectivity index (χ1) is 10.8. The second kappa shape index (κ2) is 4.34. The van der Waals surface area contributed by atoms with E-state index in [0.29, 0.717) is 0 Å². The predicted octanol–water partition coefficient (Wildman–Crippen LogP) is 3.01. The molecule has 3 atom stereocenters. The zero-order chi connectivity index (χ0) is 14.7. The normalized spacial score (nSPS) is 25.6. The van der Waals surface area contributed by atoms with Crippen LogP contribution in [0.3, 0.4) is 0 Å². The van der Waals surface area contributed by atoms with Gasteiger partial charge in [0.15, 0.2) is 0 Å². The Morgan fingerprint density at radius 1 is 1.14 bits per heavy atom. The molecule has 4 heterocycles. The maximum absolute atomic E-state index is 10.9. The molecule has 5 rings (SSSR count). The molecule has 0 spiro atoms. The molecule has 1 aromatic carbocycles. The highest BCUT2D eigenvalue weighted by molar-refractivity contribution is 5.69. The summed E-state index contributed by atoms with van der Waals surface area (Å²) in [5, 5.41) is 10.9. The number of benzene rings is 1. The minimum Gasteiger partial charge on any atom is -0.386 e. The third kappa shape index (κ3) is 1.48. The zero-order valence-corrected chi connectivity index (χ0v) is 12.1. The van der Waals surface area contributed by atoms with Crippen molar-refractivity contribution in [3.63, 3.8) is 0 Å². The first-order valence-electron chi connectivity index (χ1n) is 7.79. The van der Waals surface area contributed by atoms with Gasteiger partial charge in [-0.3, -0.25) is 0 Å². The van der Waals surface area contributed by atoms with E-state index < -0.39 is 6.10 Å². The summed E-state index contributed by atoms with van der Waals surface area (Å²) in [6.45, 7) is 0.965. The number of aliphatic hydroxyl groups is 1. The summed E-state index contributed by atoms with van der Waals surface area (Å²) in [7, 11) is 0. The lowest BCUT2D eigenvalue weighted by Gasteiger charge is -2.35. The van der Waals surface area contributed by atoms with E-state index in [-0.39, 0.29) is 12.0 Å². The lowest BCUT2D eigenvalue weighted by molar-refractivity contribution is 0.0556. The molecule has 3 aromatic rings. The number of rotatable bonds is 1. The summed E-state index contributed by atoms with van der Waals surface area (Å²) in [5.74, 6) is 0.180. The summed E-state index contributed by atoms with van der Waals surface area (Å²) >= 11 is 0. The summed E-state index contributed by atoms with van der Waals surface area (Å²) in [6, 6.07) is 12.7. The van der Waals surface area contributed by atoms with Gasteiger partial charge in [-0.2, -0.15) is 0 Å². The highest BCUT2D eigenvalue weighted by atomic mass is 16.3. The van der Waals surface area contributed by atoms with Crippen molar-refractivity contribution in [3.8, 4) is 11.3 Å². The topological polar surface area (TPSA) is 43.0 Å². The maximum atomic E-state index is 10.9. The lowest BCUT2D eigenvalue weighted by Crippen LogP contribution is -2.30. The molecule has 22 heavy (non-hydrogen) atoms. The molecule has 1 N–H and O–H groups in total. The van der Waals surface area contributed by atoms with Crippen LogP contribution in [-0.2, 0) is 6.54 Å². The van der Waals surface area contributed by atoms with Crippen molar-refractivity contribution >= 4 is 0 Å². The number of aliphatic hydroxyl groups excluding tert-OH is 1. The quantitative estimate of drug-likeness (QED) is 0.749. The van der Waals surface area contributed by atoms with Gasteiger partial charge in [-0.05, 0) is 24.1 Å². The number of imidazole rings is 1. The van der Waals surface area contributed by atoms with Crippen LogP contribution in [0.4, 0.5) is 0 Å². The second-order valence-electron chi connectivity index (χ2n) is 6.24. The fourth-order valence-corrected chi connectivity index (χ4v) is 4.21. The molecule has 1 unspecified atom stereocenters. The van der Waals surface area contributed by atoms with Crippen molar-refractivity contribution in [1.29, 1.82) is 0 Å². The SMILES string of the molecule is O[C@H]1c2cccn2CC[C@@H]1C1c2ccccc2-c2cncn21. The van der Waals surface area contributed by atoms with Gasteiger partial charge in [0.25, 0.3) is 0 Å². The van der Waals surface area contributed by atoms with Crippen LogP contribution in [0.15, 0.2) is 55.1 Å². The van der Waals surface area contributed by atoms with Crippen molar-refractivity contribution in [2.24, 2.45) is 5.92 Å². The van der Waals surface area contributed by atoms with Gasteiger partial charge in [-0.1, -0.05) is 24.3 Å². The molecule has 0 bridgehead atoms. The smallest absolute Gasteiger partial charge is 0.0991 e. The van der Waals surface area contributed by atoms with Gasteiger partial charge in [-0.15, -0.1) is 0 Å². The van der Waals surface area contributed by atoms with Crippen LogP contribution in [0.1, 0.15) is 29.8 Å². The first kappa shape index (κ1) is 12.2. The summed E-state index contributed by atoms with van der Waals surface area (Å²) in [6.07, 6.45) is 6.42. The van der Waals surface area contributed by atoms with Crippen molar-refractivity contribution in [3.05, 3.63) is 66.4 Å². The molecule has 4 nitrogen and oxygen atoms in total. The largest absolute Gasteiger partial charge is 0.386 e. The van der Waals surface area contributed by atoms with Crippen molar-refractivity contribution in [2.45, 2.75) is 25.1 Å². The number of aryl methyl sites for hydroxylation is 1. The van der Waals surface area contributed by atoms with Crippen LogP contribution in [0.5, 0.6) is 0 Å². The molecule has 0 radical (unpaired) electrons. The molecule has 2 aliphatic rings. The Kier molecular flexibility index (Phi) is 2.41. The number of nitrogens with zero attached hydrogens (tertiary/aromatic N) is 3.